The summed E-state index contributed by atoms with van der Waals surface area (Å²) in [6.07, 6.45) is 1.08. The Balaban J connectivity index is 0.000000119. The summed E-state index contributed by atoms with van der Waals surface area (Å²) in [5.41, 5.74) is 23.1. The molecule has 0 saturated carbocycles. The average Bonchev–Trinajstić information content (AvgIpc) is 1.60. The van der Waals surface area contributed by atoms with Crippen LogP contribution < -0.4 is 0 Å². The molecule has 97 heavy (non-hydrogen) atoms. The second-order valence-electron chi connectivity index (χ2n) is 24.6. The Bertz CT molecular complexity index is 6130. The minimum Gasteiger partial charge on any atom is -0.438 e. The summed E-state index contributed by atoms with van der Waals surface area (Å²) in [6.45, 7) is 0. The molecular weight excluding hydrogens is 1210 g/mol. The maximum Gasteiger partial charge on any atom is 0.238 e. The number of fused-ring (bicyclic) bond motifs is 14. The van der Waals surface area contributed by atoms with Gasteiger partial charge in [0.05, 0.1) is 33.2 Å². The van der Waals surface area contributed by atoms with Crippen LogP contribution in [0, 0.1) is 0 Å². The topological polar surface area (TPSA) is 82.8 Å². The van der Waals surface area contributed by atoms with Crippen molar-refractivity contribution in [2.75, 3.05) is 0 Å². The van der Waals surface area contributed by atoms with Gasteiger partial charge in [0.25, 0.3) is 0 Å². The molecular formula is C89H56ClN5O2. The van der Waals surface area contributed by atoms with E-state index in [0.717, 1.165) is 128 Å². The second-order valence-corrected chi connectivity index (χ2v) is 24.9. The molecule has 0 bridgehead atoms. The van der Waals surface area contributed by atoms with E-state index in [1.54, 1.807) is 0 Å². The van der Waals surface area contributed by atoms with E-state index in [1.165, 1.54) is 43.8 Å². The molecule has 8 heteroatoms. The van der Waals surface area contributed by atoms with Crippen LogP contribution in [0.1, 0.15) is 11.1 Å². The van der Waals surface area contributed by atoms with Crippen LogP contribution in [0.15, 0.2) is 336 Å². The summed E-state index contributed by atoms with van der Waals surface area (Å²) in [5.74, 6) is 0.574. The van der Waals surface area contributed by atoms with Crippen molar-refractivity contribution in [1.82, 2.24) is 24.5 Å². The van der Waals surface area contributed by atoms with E-state index in [0.29, 0.717) is 17.4 Å². The Morgan fingerprint density at radius 2 is 0.691 bits per heavy atom. The summed E-state index contributed by atoms with van der Waals surface area (Å²) in [4.78, 5) is 19.7. The van der Waals surface area contributed by atoms with Crippen LogP contribution in [-0.4, -0.2) is 24.5 Å². The van der Waals surface area contributed by atoms with E-state index in [4.69, 9.17) is 30.4 Å². The highest BCUT2D eigenvalue weighted by molar-refractivity contribution is 6.29. The summed E-state index contributed by atoms with van der Waals surface area (Å²) < 4.78 is 14.7. The fraction of sp³-hybridized carbons (Fsp3) is 0.0112. The van der Waals surface area contributed by atoms with Gasteiger partial charge in [-0.3, -0.25) is 4.57 Å². The van der Waals surface area contributed by atoms with Gasteiger partial charge in [0.2, 0.25) is 22.7 Å². The van der Waals surface area contributed by atoms with Gasteiger partial charge >= 0.3 is 0 Å². The molecule has 0 unspecified atom stereocenters. The van der Waals surface area contributed by atoms with Crippen molar-refractivity contribution in [3.8, 4) is 84.1 Å². The molecule has 0 saturated heterocycles. The van der Waals surface area contributed by atoms with Crippen LogP contribution in [0.2, 0.25) is 5.28 Å². The third-order valence-corrected chi connectivity index (χ3v) is 18.8. The number of halogens is 1. The molecule has 0 aliphatic heterocycles. The average molecular weight is 1260 g/mol. The van der Waals surface area contributed by atoms with Crippen molar-refractivity contribution < 1.29 is 8.83 Å². The van der Waals surface area contributed by atoms with Crippen LogP contribution in [0.5, 0.6) is 0 Å². The molecule has 0 atom stereocenters. The van der Waals surface area contributed by atoms with Crippen molar-refractivity contribution in [2.45, 2.75) is 6.42 Å². The summed E-state index contributed by atoms with van der Waals surface area (Å²) >= 11 is 6.33. The minimum atomic E-state index is 0.165. The highest BCUT2D eigenvalue weighted by atomic mass is 35.5. The number of nitrogens with zero attached hydrogens (tertiary/aromatic N) is 5. The lowest BCUT2D eigenvalue weighted by Gasteiger charge is -2.13. The first-order chi connectivity index (χ1) is 48.0. The van der Waals surface area contributed by atoms with E-state index in [-0.39, 0.29) is 5.28 Å². The van der Waals surface area contributed by atoms with Crippen LogP contribution in [0.4, 0.5) is 0 Å². The molecule has 7 nitrogen and oxygen atoms in total. The molecule has 1 aliphatic rings. The van der Waals surface area contributed by atoms with E-state index < -0.39 is 0 Å². The van der Waals surface area contributed by atoms with E-state index in [2.05, 4.69) is 263 Å². The molecule has 20 rings (SSSR count). The number of para-hydroxylation sites is 3. The first kappa shape index (κ1) is 57.1. The van der Waals surface area contributed by atoms with Gasteiger partial charge < -0.3 is 8.83 Å². The number of rotatable bonds is 7. The van der Waals surface area contributed by atoms with Crippen LogP contribution in [0.25, 0.3) is 172 Å². The zero-order valence-corrected chi connectivity index (χ0v) is 53.1. The lowest BCUT2D eigenvalue weighted by Crippen LogP contribution is -2.03. The lowest BCUT2D eigenvalue weighted by molar-refractivity contribution is 0.651. The van der Waals surface area contributed by atoms with Gasteiger partial charge in [-0.25, -0.2) is 9.97 Å². The molecule has 0 amide bonds. The van der Waals surface area contributed by atoms with Crippen molar-refractivity contribution in [3.05, 3.63) is 344 Å². The smallest absolute Gasteiger partial charge is 0.238 e. The largest absolute Gasteiger partial charge is 0.438 e. The molecule has 0 spiro atoms. The normalized spacial score (nSPS) is 11.7. The minimum absolute atomic E-state index is 0.165. The predicted octanol–water partition coefficient (Wildman–Crippen LogP) is 24.1. The van der Waals surface area contributed by atoms with Gasteiger partial charge in [-0.15, -0.1) is 0 Å². The van der Waals surface area contributed by atoms with Crippen molar-refractivity contribution in [1.29, 1.82) is 0 Å². The van der Waals surface area contributed by atoms with Gasteiger partial charge in [0.15, 0.2) is 0 Å². The fourth-order valence-corrected chi connectivity index (χ4v) is 14.3. The standard InChI is InChI=1S/C44H27N3O.C28H17ClN2O.C17H12/c1-3-13-28(14-4-1)32-23-33(29-15-5-2-6-16-29)25-34(24-32)42-41-36-20-10-12-22-40(36)48-43(41)46-44(45-42)47-38-21-11-9-19-35(38)37-26-30-17-7-8-18-31(30)27-39(37)47;29-28-30-26(25-23-13-7-8-14-24(23)32-27(25)31-28)22-16-20(18-9-3-1-4-10-18)15-21(17-22)19-11-5-2-6-12-19;1-2-6-13-11-17-15(9-12(13)5-1)10-14-7-3-4-8-16(14)17/h1-27H;1-17H;1-9,11H,10H2. The maximum atomic E-state index is 6.51. The molecule has 0 radical (unpaired) electrons. The zero-order valence-electron chi connectivity index (χ0n) is 52.3. The molecule has 0 fully saturated rings. The Labute approximate surface area is 563 Å². The van der Waals surface area contributed by atoms with Crippen LogP contribution >= 0.6 is 11.6 Å². The summed E-state index contributed by atoms with van der Waals surface area (Å²) in [6, 6.07) is 115. The Hall–Kier alpha value is -12.6. The predicted molar refractivity (Wildman–Crippen MR) is 400 cm³/mol. The molecule has 456 valence electrons. The van der Waals surface area contributed by atoms with Gasteiger partial charge in [-0.05, 0) is 179 Å². The zero-order chi connectivity index (χ0) is 64.3. The molecule has 0 N–H and O–H groups in total. The molecule has 5 heterocycles. The van der Waals surface area contributed by atoms with E-state index in [9.17, 15) is 0 Å². The highest BCUT2D eigenvalue weighted by Crippen LogP contribution is 2.44. The van der Waals surface area contributed by atoms with Crippen molar-refractivity contribution in [2.24, 2.45) is 0 Å². The quantitative estimate of drug-likeness (QED) is 0.148. The van der Waals surface area contributed by atoms with Crippen LogP contribution in [0.3, 0.4) is 0 Å². The molecule has 19 aromatic rings. The van der Waals surface area contributed by atoms with Gasteiger partial charge in [0.1, 0.15) is 11.2 Å². The molecule has 14 aromatic carbocycles. The summed E-state index contributed by atoms with van der Waals surface area (Å²) in [7, 11) is 0. The third kappa shape index (κ3) is 10.5. The van der Waals surface area contributed by atoms with Crippen molar-refractivity contribution in [3.63, 3.8) is 0 Å². The number of hydrogen-bond acceptors (Lipinski definition) is 6. The number of hydrogen-bond donors (Lipinski definition) is 0. The number of aromatic nitrogens is 5. The molecule has 5 aromatic heterocycles. The first-order valence-corrected chi connectivity index (χ1v) is 32.9. The maximum absolute atomic E-state index is 6.51. The Kier molecular flexibility index (Phi) is 14.2. The van der Waals surface area contributed by atoms with E-state index in [1.807, 2.05) is 78.9 Å². The summed E-state index contributed by atoms with van der Waals surface area (Å²) in [5, 5.41) is 11.3. The first-order valence-electron chi connectivity index (χ1n) is 32.6. The van der Waals surface area contributed by atoms with E-state index >= 15 is 0 Å². The number of benzene rings is 14. The van der Waals surface area contributed by atoms with Crippen molar-refractivity contribution >= 4 is 99.1 Å². The number of furan rings is 2. The van der Waals surface area contributed by atoms with Gasteiger partial charge in [0, 0.05) is 32.7 Å². The third-order valence-electron chi connectivity index (χ3n) is 18.7. The Morgan fingerprint density at radius 3 is 1.24 bits per heavy atom. The lowest BCUT2D eigenvalue weighted by atomic mass is 9.94. The molecule has 1 aliphatic carbocycles. The van der Waals surface area contributed by atoms with Crippen LogP contribution in [-0.2, 0) is 6.42 Å². The second kappa shape index (κ2) is 24.1. The SMILES string of the molecule is Clc1nc(-c2cc(-c3ccccc3)cc(-c3ccccc3)c2)c2c(n1)oc1ccccc12.c1ccc(-c2cc(-c3ccccc3)cc(-c3nc(-n4c5ccccc5c5cc6ccccc6cc54)nc4oc5ccccc5c34)c2)cc1.c1ccc2c(c1)Cc1cc3ccccc3cc1-2. The highest BCUT2D eigenvalue weighted by Gasteiger charge is 2.24. The van der Waals surface area contributed by atoms with Gasteiger partial charge in [-0.2, -0.15) is 9.97 Å². The Morgan fingerprint density at radius 1 is 0.278 bits per heavy atom. The monoisotopic (exact) mass is 1260 g/mol. The fourth-order valence-electron chi connectivity index (χ4n) is 14.1. The van der Waals surface area contributed by atoms with Gasteiger partial charge in [-0.1, -0.05) is 255 Å².